The summed E-state index contributed by atoms with van der Waals surface area (Å²) in [6.45, 7) is 6.36. The number of amides is 1. The molecule has 0 heterocycles. The maximum atomic E-state index is 12.2. The van der Waals surface area contributed by atoms with Crippen LogP contribution in [0.25, 0.3) is 0 Å². The Bertz CT molecular complexity index is 319. The van der Waals surface area contributed by atoms with E-state index in [1.54, 1.807) is 0 Å². The molecule has 2 heteroatoms. The Morgan fingerprint density at radius 1 is 1.21 bits per heavy atom. The molecule has 0 radical (unpaired) electrons. The van der Waals surface area contributed by atoms with Gasteiger partial charge in [0.15, 0.2) is 0 Å². The van der Waals surface area contributed by atoms with E-state index in [1.807, 2.05) is 0 Å². The van der Waals surface area contributed by atoms with Gasteiger partial charge in [-0.25, -0.2) is 0 Å². The first-order chi connectivity index (χ1) is 9.26. The highest BCUT2D eigenvalue weighted by Gasteiger charge is 2.40. The molecule has 2 atom stereocenters. The van der Waals surface area contributed by atoms with Gasteiger partial charge in [0, 0.05) is 19.0 Å². The van der Waals surface area contributed by atoms with Crippen molar-refractivity contribution in [3.63, 3.8) is 0 Å². The van der Waals surface area contributed by atoms with E-state index in [-0.39, 0.29) is 0 Å². The molecule has 2 fully saturated rings. The Hall–Kier alpha value is -0.790. The number of carbonyl (C=O) groups is 1. The zero-order chi connectivity index (χ0) is 13.7. The number of rotatable bonds is 9. The lowest BCUT2D eigenvalue weighted by Crippen LogP contribution is -2.35. The maximum Gasteiger partial charge on any atom is 0.225 e. The monoisotopic (exact) mass is 263 g/mol. The predicted octanol–water partition coefficient (Wildman–Crippen LogP) is 4.02. The SMILES string of the molecule is CC/C=C\CCC1CC1CN(CCC)C(=O)C1CC1. The van der Waals surface area contributed by atoms with Crippen LogP contribution in [-0.4, -0.2) is 23.9 Å². The van der Waals surface area contributed by atoms with Crippen LogP contribution in [0.15, 0.2) is 12.2 Å². The molecule has 2 aliphatic carbocycles. The van der Waals surface area contributed by atoms with Crippen LogP contribution >= 0.6 is 0 Å². The fourth-order valence-corrected chi connectivity index (χ4v) is 2.92. The number of carbonyl (C=O) groups excluding carboxylic acids is 1. The molecule has 0 N–H and O–H groups in total. The van der Waals surface area contributed by atoms with Crippen molar-refractivity contribution in [2.24, 2.45) is 17.8 Å². The van der Waals surface area contributed by atoms with Crippen LogP contribution < -0.4 is 0 Å². The summed E-state index contributed by atoms with van der Waals surface area (Å²) in [5, 5.41) is 0. The molecule has 0 aromatic rings. The molecule has 0 saturated heterocycles. The van der Waals surface area contributed by atoms with E-state index in [1.165, 1.54) is 19.3 Å². The molecular formula is C17H29NO. The second-order valence-electron chi connectivity index (χ2n) is 6.27. The predicted molar refractivity (Wildman–Crippen MR) is 79.9 cm³/mol. The third-order valence-corrected chi connectivity index (χ3v) is 4.36. The molecule has 0 bridgehead atoms. The quantitative estimate of drug-likeness (QED) is 0.575. The van der Waals surface area contributed by atoms with E-state index in [0.29, 0.717) is 11.8 Å². The standard InChI is InChI=1S/C17H29NO/c1-3-5-6-7-8-15-12-16(15)13-18(11-4-2)17(19)14-9-10-14/h5-6,14-16H,3-4,7-13H2,1-2H3/b6-5-. The average molecular weight is 263 g/mol. The molecule has 2 nitrogen and oxygen atoms in total. The molecule has 0 spiro atoms. The minimum absolute atomic E-state index is 0.385. The van der Waals surface area contributed by atoms with Crippen LogP contribution in [0.5, 0.6) is 0 Å². The first-order valence-electron chi connectivity index (χ1n) is 8.20. The third kappa shape index (κ3) is 4.67. The molecule has 0 aliphatic heterocycles. The first kappa shape index (κ1) is 14.6. The van der Waals surface area contributed by atoms with Gasteiger partial charge in [0.05, 0.1) is 0 Å². The van der Waals surface area contributed by atoms with Gasteiger partial charge >= 0.3 is 0 Å². The zero-order valence-corrected chi connectivity index (χ0v) is 12.6. The number of nitrogens with zero attached hydrogens (tertiary/aromatic N) is 1. The fraction of sp³-hybridized carbons (Fsp3) is 0.824. The van der Waals surface area contributed by atoms with Gasteiger partial charge < -0.3 is 4.90 Å². The summed E-state index contributed by atoms with van der Waals surface area (Å²) >= 11 is 0. The Balaban J connectivity index is 1.67. The van der Waals surface area contributed by atoms with Crippen molar-refractivity contribution in [1.82, 2.24) is 4.90 Å². The molecule has 108 valence electrons. The van der Waals surface area contributed by atoms with Crippen molar-refractivity contribution in [2.75, 3.05) is 13.1 Å². The van der Waals surface area contributed by atoms with Gasteiger partial charge in [-0.3, -0.25) is 4.79 Å². The van der Waals surface area contributed by atoms with E-state index in [0.717, 1.165) is 50.6 Å². The van der Waals surface area contributed by atoms with Gasteiger partial charge in [0.1, 0.15) is 0 Å². The van der Waals surface area contributed by atoms with Crippen LogP contribution in [0.3, 0.4) is 0 Å². The van der Waals surface area contributed by atoms with Crippen LogP contribution in [0.1, 0.15) is 58.8 Å². The molecular weight excluding hydrogens is 234 g/mol. The van der Waals surface area contributed by atoms with Crippen LogP contribution in [0.2, 0.25) is 0 Å². The van der Waals surface area contributed by atoms with Gasteiger partial charge in [-0.1, -0.05) is 26.0 Å². The second-order valence-corrected chi connectivity index (χ2v) is 6.27. The van der Waals surface area contributed by atoms with Crippen LogP contribution in [0, 0.1) is 17.8 Å². The van der Waals surface area contributed by atoms with Gasteiger partial charge in [-0.15, -0.1) is 0 Å². The smallest absolute Gasteiger partial charge is 0.225 e. The Morgan fingerprint density at radius 2 is 2.00 bits per heavy atom. The van der Waals surface area contributed by atoms with Crippen LogP contribution in [0.4, 0.5) is 0 Å². The van der Waals surface area contributed by atoms with Crippen molar-refractivity contribution in [2.45, 2.75) is 58.8 Å². The van der Waals surface area contributed by atoms with Crippen molar-refractivity contribution in [3.8, 4) is 0 Å². The summed E-state index contributed by atoms with van der Waals surface area (Å²) in [4.78, 5) is 14.3. The summed E-state index contributed by atoms with van der Waals surface area (Å²) in [7, 11) is 0. The van der Waals surface area contributed by atoms with Crippen LogP contribution in [-0.2, 0) is 4.79 Å². The maximum absolute atomic E-state index is 12.2. The minimum Gasteiger partial charge on any atom is -0.342 e. The van der Waals surface area contributed by atoms with E-state index in [2.05, 4.69) is 30.9 Å². The van der Waals surface area contributed by atoms with E-state index in [9.17, 15) is 4.79 Å². The Morgan fingerprint density at radius 3 is 2.63 bits per heavy atom. The van der Waals surface area contributed by atoms with Gasteiger partial charge in [-0.2, -0.15) is 0 Å². The largest absolute Gasteiger partial charge is 0.342 e. The van der Waals surface area contributed by atoms with Crippen molar-refractivity contribution >= 4 is 5.91 Å². The lowest BCUT2D eigenvalue weighted by Gasteiger charge is -2.22. The summed E-state index contributed by atoms with van der Waals surface area (Å²) < 4.78 is 0. The fourth-order valence-electron chi connectivity index (χ4n) is 2.92. The highest BCUT2D eigenvalue weighted by atomic mass is 16.2. The van der Waals surface area contributed by atoms with E-state index < -0.39 is 0 Å². The highest BCUT2D eigenvalue weighted by molar-refractivity contribution is 5.81. The normalized spacial score (nSPS) is 25.8. The highest BCUT2D eigenvalue weighted by Crippen LogP contribution is 2.43. The molecule has 0 aromatic carbocycles. The number of allylic oxidation sites excluding steroid dienone is 2. The minimum atomic E-state index is 0.385. The van der Waals surface area contributed by atoms with E-state index >= 15 is 0 Å². The topological polar surface area (TPSA) is 20.3 Å². The first-order valence-corrected chi connectivity index (χ1v) is 8.20. The molecule has 19 heavy (non-hydrogen) atoms. The van der Waals surface area contributed by atoms with Crippen molar-refractivity contribution < 1.29 is 4.79 Å². The zero-order valence-electron chi connectivity index (χ0n) is 12.6. The molecule has 0 aromatic heterocycles. The van der Waals surface area contributed by atoms with Crippen molar-refractivity contribution in [1.29, 1.82) is 0 Å². The molecule has 2 unspecified atom stereocenters. The van der Waals surface area contributed by atoms with Gasteiger partial charge in [0.25, 0.3) is 0 Å². The number of hydrogen-bond acceptors (Lipinski definition) is 1. The molecule has 2 saturated carbocycles. The Kier molecular flexibility index (Phi) is 5.47. The lowest BCUT2D eigenvalue weighted by atomic mass is 10.1. The van der Waals surface area contributed by atoms with Gasteiger partial charge in [0.2, 0.25) is 5.91 Å². The summed E-state index contributed by atoms with van der Waals surface area (Å²) in [5.74, 6) is 2.51. The summed E-state index contributed by atoms with van der Waals surface area (Å²) in [6.07, 6.45) is 13.0. The molecule has 1 amide bonds. The third-order valence-electron chi connectivity index (χ3n) is 4.36. The van der Waals surface area contributed by atoms with Crippen molar-refractivity contribution in [3.05, 3.63) is 12.2 Å². The molecule has 2 aliphatic rings. The van der Waals surface area contributed by atoms with E-state index in [4.69, 9.17) is 0 Å². The molecule has 2 rings (SSSR count). The van der Waals surface area contributed by atoms with Gasteiger partial charge in [-0.05, 0) is 56.8 Å². The summed E-state index contributed by atoms with van der Waals surface area (Å²) in [6, 6.07) is 0. The summed E-state index contributed by atoms with van der Waals surface area (Å²) in [5.41, 5.74) is 0. The lowest BCUT2D eigenvalue weighted by molar-refractivity contribution is -0.132. The number of hydrogen-bond donors (Lipinski definition) is 0. The second kappa shape index (κ2) is 7.12. The Labute approximate surface area is 118 Å². The average Bonchev–Trinajstić information content (AvgIpc) is 3.28.